The Hall–Kier alpha value is -2.00. The first-order valence-corrected chi connectivity index (χ1v) is 6.80. The van der Waals surface area contributed by atoms with E-state index in [4.69, 9.17) is 22.1 Å². The molecular weight excluding hydrogens is 274 g/mol. The molecule has 104 valence electrons. The Kier molecular flexibility index (Phi) is 5.02. The summed E-state index contributed by atoms with van der Waals surface area (Å²) in [6, 6.07) is 14.8. The van der Waals surface area contributed by atoms with Crippen LogP contribution < -0.4 is 5.73 Å². The smallest absolute Gasteiger partial charge is 0.340 e. The molecule has 0 amide bonds. The van der Waals surface area contributed by atoms with Crippen molar-refractivity contribution in [2.24, 2.45) is 0 Å². The lowest BCUT2D eigenvalue weighted by Gasteiger charge is -2.07. The number of carbonyl (C=O) groups is 1. The van der Waals surface area contributed by atoms with Crippen LogP contribution >= 0.6 is 11.6 Å². The van der Waals surface area contributed by atoms with Gasteiger partial charge in [0.1, 0.15) is 0 Å². The highest BCUT2D eigenvalue weighted by atomic mass is 35.5. The molecule has 0 fully saturated rings. The number of halogens is 1. The quantitative estimate of drug-likeness (QED) is 0.518. The monoisotopic (exact) mass is 289 g/mol. The van der Waals surface area contributed by atoms with Crippen molar-refractivity contribution in [3.63, 3.8) is 0 Å². The molecule has 4 heteroatoms. The second-order valence-electron chi connectivity index (χ2n) is 4.46. The first-order chi connectivity index (χ1) is 9.66. The van der Waals surface area contributed by atoms with Crippen LogP contribution in [0.5, 0.6) is 0 Å². The maximum absolute atomic E-state index is 11.8. The van der Waals surface area contributed by atoms with Gasteiger partial charge in [-0.3, -0.25) is 0 Å². The zero-order valence-corrected chi connectivity index (χ0v) is 11.8. The number of hydrogen-bond donors (Lipinski definition) is 1. The Morgan fingerprint density at radius 2 is 1.90 bits per heavy atom. The van der Waals surface area contributed by atoms with Gasteiger partial charge in [-0.2, -0.15) is 0 Å². The molecule has 0 heterocycles. The van der Waals surface area contributed by atoms with Crippen molar-refractivity contribution < 1.29 is 9.53 Å². The number of rotatable bonds is 5. The van der Waals surface area contributed by atoms with E-state index >= 15 is 0 Å². The van der Waals surface area contributed by atoms with Gasteiger partial charge in [-0.1, -0.05) is 41.9 Å². The molecule has 2 aromatic carbocycles. The fourth-order valence-electron chi connectivity index (χ4n) is 1.88. The molecule has 0 aliphatic carbocycles. The van der Waals surface area contributed by atoms with E-state index in [1.165, 1.54) is 5.56 Å². The van der Waals surface area contributed by atoms with Gasteiger partial charge < -0.3 is 10.5 Å². The van der Waals surface area contributed by atoms with Gasteiger partial charge >= 0.3 is 5.97 Å². The third-order valence-electron chi connectivity index (χ3n) is 2.92. The van der Waals surface area contributed by atoms with Crippen LogP contribution in [-0.2, 0) is 11.2 Å². The molecule has 0 aromatic heterocycles. The Morgan fingerprint density at radius 3 is 2.60 bits per heavy atom. The molecule has 0 saturated heterocycles. The van der Waals surface area contributed by atoms with E-state index in [1.807, 2.05) is 18.2 Å². The molecule has 2 N–H and O–H groups in total. The maximum Gasteiger partial charge on any atom is 0.340 e. The Morgan fingerprint density at radius 1 is 1.15 bits per heavy atom. The predicted molar refractivity (Wildman–Crippen MR) is 80.9 cm³/mol. The summed E-state index contributed by atoms with van der Waals surface area (Å²) in [4.78, 5) is 11.8. The van der Waals surface area contributed by atoms with E-state index in [9.17, 15) is 4.79 Å². The van der Waals surface area contributed by atoms with Crippen LogP contribution in [0.2, 0.25) is 5.02 Å². The fourth-order valence-corrected chi connectivity index (χ4v) is 2.06. The predicted octanol–water partition coefficient (Wildman–Crippen LogP) is 3.71. The number of ether oxygens (including phenoxy) is 1. The highest BCUT2D eigenvalue weighted by Gasteiger charge is 2.11. The number of carbonyl (C=O) groups excluding carboxylic acids is 1. The second kappa shape index (κ2) is 6.96. The maximum atomic E-state index is 11.8. The van der Waals surface area contributed by atoms with Gasteiger partial charge in [-0.05, 0) is 36.6 Å². The minimum atomic E-state index is -0.410. The number of benzene rings is 2. The number of hydrogen-bond acceptors (Lipinski definition) is 3. The molecule has 0 aliphatic rings. The molecule has 0 bridgehead atoms. The topological polar surface area (TPSA) is 52.3 Å². The van der Waals surface area contributed by atoms with Crippen LogP contribution in [0.4, 0.5) is 5.69 Å². The van der Waals surface area contributed by atoms with Crippen molar-refractivity contribution in [1.82, 2.24) is 0 Å². The molecule has 0 unspecified atom stereocenters. The molecule has 0 spiro atoms. The Bertz CT molecular complexity index is 584. The molecule has 3 nitrogen and oxygen atoms in total. The van der Waals surface area contributed by atoms with Gasteiger partial charge in [-0.15, -0.1) is 0 Å². The van der Waals surface area contributed by atoms with E-state index in [-0.39, 0.29) is 0 Å². The van der Waals surface area contributed by atoms with Gasteiger partial charge in [0, 0.05) is 10.7 Å². The minimum Gasteiger partial charge on any atom is -0.462 e. The summed E-state index contributed by atoms with van der Waals surface area (Å²) in [7, 11) is 0. The summed E-state index contributed by atoms with van der Waals surface area (Å²) in [6.07, 6.45) is 1.66. The molecule has 0 radical (unpaired) electrons. The highest BCUT2D eigenvalue weighted by molar-refractivity contribution is 6.31. The molecule has 20 heavy (non-hydrogen) atoms. The summed E-state index contributed by atoms with van der Waals surface area (Å²) >= 11 is 5.78. The first kappa shape index (κ1) is 14.4. The largest absolute Gasteiger partial charge is 0.462 e. The van der Waals surface area contributed by atoms with Crippen LogP contribution in [0.3, 0.4) is 0 Å². The third-order valence-corrected chi connectivity index (χ3v) is 3.15. The normalized spacial score (nSPS) is 10.2. The Labute approximate surface area is 123 Å². The zero-order chi connectivity index (χ0) is 14.4. The van der Waals surface area contributed by atoms with Gasteiger partial charge in [0.05, 0.1) is 12.2 Å². The average molecular weight is 290 g/mol. The molecular formula is C16H16ClNO2. The summed E-state index contributed by atoms with van der Waals surface area (Å²) in [6.45, 7) is 0.371. The number of nitrogens with two attached hydrogens (primary N) is 1. The van der Waals surface area contributed by atoms with Gasteiger partial charge in [0.2, 0.25) is 0 Å². The summed E-state index contributed by atoms with van der Waals surface area (Å²) in [5.41, 5.74) is 7.66. The number of aryl methyl sites for hydroxylation is 1. The van der Waals surface area contributed by atoms with Crippen molar-refractivity contribution in [3.8, 4) is 0 Å². The van der Waals surface area contributed by atoms with E-state index in [1.54, 1.807) is 18.2 Å². The standard InChI is InChI=1S/C16H16ClNO2/c17-13-8-9-14(15(18)11-13)16(19)20-10-4-7-12-5-2-1-3-6-12/h1-3,5-6,8-9,11H,4,7,10,18H2. The number of nitrogen functional groups attached to an aromatic ring is 1. The van der Waals surface area contributed by atoms with E-state index in [2.05, 4.69) is 12.1 Å². The summed E-state index contributed by atoms with van der Waals surface area (Å²) in [5.74, 6) is -0.410. The van der Waals surface area contributed by atoms with Crippen LogP contribution in [0.15, 0.2) is 48.5 Å². The van der Waals surface area contributed by atoms with Crippen molar-refractivity contribution in [3.05, 3.63) is 64.7 Å². The number of anilines is 1. The first-order valence-electron chi connectivity index (χ1n) is 6.43. The SMILES string of the molecule is Nc1cc(Cl)ccc1C(=O)OCCCc1ccccc1. The summed E-state index contributed by atoms with van der Waals surface area (Å²) in [5, 5.41) is 0.503. The molecule has 2 rings (SSSR count). The lowest BCUT2D eigenvalue weighted by Crippen LogP contribution is -2.09. The number of esters is 1. The van der Waals surface area contributed by atoms with Crippen molar-refractivity contribution in [2.45, 2.75) is 12.8 Å². The van der Waals surface area contributed by atoms with Crippen LogP contribution in [0.1, 0.15) is 22.3 Å². The lowest BCUT2D eigenvalue weighted by atomic mass is 10.1. The molecule has 2 aromatic rings. The Balaban J connectivity index is 1.80. The van der Waals surface area contributed by atoms with Crippen LogP contribution in [0.25, 0.3) is 0 Å². The van der Waals surface area contributed by atoms with Gasteiger partial charge in [-0.25, -0.2) is 4.79 Å². The minimum absolute atomic E-state index is 0.338. The highest BCUT2D eigenvalue weighted by Crippen LogP contribution is 2.18. The third kappa shape index (κ3) is 4.00. The summed E-state index contributed by atoms with van der Waals surface area (Å²) < 4.78 is 5.21. The molecule has 0 saturated carbocycles. The zero-order valence-electron chi connectivity index (χ0n) is 11.0. The van der Waals surface area contributed by atoms with E-state index < -0.39 is 5.97 Å². The van der Waals surface area contributed by atoms with E-state index in [0.717, 1.165) is 12.8 Å². The van der Waals surface area contributed by atoms with Crippen molar-refractivity contribution in [1.29, 1.82) is 0 Å². The second-order valence-corrected chi connectivity index (χ2v) is 4.89. The molecule has 0 aliphatic heterocycles. The van der Waals surface area contributed by atoms with E-state index in [0.29, 0.717) is 22.9 Å². The van der Waals surface area contributed by atoms with Crippen LogP contribution in [0, 0.1) is 0 Å². The van der Waals surface area contributed by atoms with Gasteiger partial charge in [0.15, 0.2) is 0 Å². The van der Waals surface area contributed by atoms with Crippen molar-refractivity contribution >= 4 is 23.3 Å². The average Bonchev–Trinajstić information content (AvgIpc) is 2.44. The van der Waals surface area contributed by atoms with Crippen LogP contribution in [-0.4, -0.2) is 12.6 Å². The molecule has 0 atom stereocenters. The fraction of sp³-hybridized carbons (Fsp3) is 0.188. The van der Waals surface area contributed by atoms with Gasteiger partial charge in [0.25, 0.3) is 0 Å². The lowest BCUT2D eigenvalue weighted by molar-refractivity contribution is 0.0502. The van der Waals surface area contributed by atoms with Crippen molar-refractivity contribution in [2.75, 3.05) is 12.3 Å².